The zero-order valence-corrected chi connectivity index (χ0v) is 25.5. The molecule has 0 aliphatic carbocycles. The average molecular weight is 639 g/mol. The van der Waals surface area contributed by atoms with Crippen molar-refractivity contribution in [3.05, 3.63) is 97.1 Å². The minimum absolute atomic E-state index is 0.0378. The lowest BCUT2D eigenvalue weighted by Crippen LogP contribution is -2.56. The van der Waals surface area contributed by atoms with Gasteiger partial charge in [0, 0.05) is 36.8 Å². The lowest BCUT2D eigenvalue weighted by Gasteiger charge is -2.40. The number of nitrogens with zero attached hydrogens (tertiary/aromatic N) is 3. The van der Waals surface area contributed by atoms with Crippen molar-refractivity contribution in [3.8, 4) is 0 Å². The Morgan fingerprint density at radius 1 is 1.10 bits per heavy atom. The van der Waals surface area contributed by atoms with Gasteiger partial charge >= 0.3 is 0 Å². The summed E-state index contributed by atoms with van der Waals surface area (Å²) < 4.78 is -0.819. The minimum atomic E-state index is -0.862. The molecule has 3 unspecified atom stereocenters. The molecular weight excluding hydrogens is 602 g/mol. The minimum Gasteiger partial charge on any atom is -0.394 e. The normalized spacial score (nSPS) is 28.7. The molecule has 2 aromatic carbocycles. The van der Waals surface area contributed by atoms with E-state index >= 15 is 0 Å². The maximum Gasteiger partial charge on any atom is 0.247 e. The second-order valence-electron chi connectivity index (χ2n) is 11.0. The summed E-state index contributed by atoms with van der Waals surface area (Å²) in [4.78, 5) is 48.1. The molecule has 3 saturated heterocycles. The van der Waals surface area contributed by atoms with Crippen LogP contribution >= 0.6 is 27.7 Å². The van der Waals surface area contributed by atoms with Gasteiger partial charge in [0.2, 0.25) is 17.7 Å². The van der Waals surface area contributed by atoms with Crippen molar-refractivity contribution in [2.24, 2.45) is 11.8 Å². The molecule has 0 radical (unpaired) electrons. The number of amides is 3. The van der Waals surface area contributed by atoms with Crippen molar-refractivity contribution in [1.82, 2.24) is 14.7 Å². The Hall–Kier alpha value is -2.88. The Balaban J connectivity index is 1.62. The van der Waals surface area contributed by atoms with Crippen molar-refractivity contribution in [1.29, 1.82) is 0 Å². The van der Waals surface area contributed by atoms with Crippen LogP contribution in [0.15, 0.2) is 86.0 Å². The number of aliphatic hydroxyl groups is 1. The predicted molar refractivity (Wildman–Crippen MR) is 165 cm³/mol. The van der Waals surface area contributed by atoms with E-state index in [9.17, 15) is 19.5 Å². The zero-order valence-electron chi connectivity index (χ0n) is 23.1. The molecule has 3 heterocycles. The number of carbonyl (C=O) groups excluding carboxylic acids is 3. The van der Waals surface area contributed by atoms with E-state index in [0.29, 0.717) is 26.1 Å². The van der Waals surface area contributed by atoms with E-state index < -0.39 is 28.7 Å². The van der Waals surface area contributed by atoms with Crippen molar-refractivity contribution in [2.45, 2.75) is 39.9 Å². The summed E-state index contributed by atoms with van der Waals surface area (Å²) in [6.07, 6.45) is 3.93. The molecule has 9 heteroatoms. The van der Waals surface area contributed by atoms with Gasteiger partial charge < -0.3 is 19.8 Å². The molecule has 216 valence electrons. The first-order valence-electron chi connectivity index (χ1n) is 13.9. The van der Waals surface area contributed by atoms with E-state index in [2.05, 4.69) is 29.1 Å². The summed E-state index contributed by atoms with van der Waals surface area (Å²) in [6.45, 7) is 8.35. The van der Waals surface area contributed by atoms with E-state index in [1.165, 1.54) is 0 Å². The van der Waals surface area contributed by atoms with Crippen LogP contribution in [0.5, 0.6) is 0 Å². The number of likely N-dealkylation sites (tertiary alicyclic amines) is 1. The van der Waals surface area contributed by atoms with Crippen LogP contribution < -0.4 is 0 Å². The summed E-state index contributed by atoms with van der Waals surface area (Å²) in [5.41, 5.74) is 1.72. The summed E-state index contributed by atoms with van der Waals surface area (Å²) in [5, 5.41) is 10.6. The number of likely N-dealkylation sites (N-methyl/N-ethyl adjacent to an activating group) is 1. The summed E-state index contributed by atoms with van der Waals surface area (Å²) in [7, 11) is 1.72. The van der Waals surface area contributed by atoms with Crippen LogP contribution in [0, 0.1) is 11.8 Å². The number of aliphatic hydroxyl groups excluding tert-OH is 1. The molecule has 3 fully saturated rings. The van der Waals surface area contributed by atoms with Crippen LogP contribution in [-0.4, -0.2) is 85.1 Å². The fraction of sp³-hybridized carbons (Fsp3) is 0.406. The standard InChI is InChI=1S/C32H36BrN3O4S/c1-4-16-34(3)29(38)25-26-30(39)36(24(20-37)22-14-10-7-11-15-22)28(32(26)18-23(33)27(25)41-32)31(40)35(17-5-2)19-21-12-8-6-9-13-21/h4-15,23-28,37H,1-2,16-20H2,3H3/t23?,24-,25+,26+,27+,28?,32?/m1/s1. The number of fused-ring (bicyclic) bond motifs is 1. The van der Waals surface area contributed by atoms with Gasteiger partial charge in [0.15, 0.2) is 0 Å². The Labute approximate surface area is 254 Å². The van der Waals surface area contributed by atoms with Crippen LogP contribution in [0.25, 0.3) is 0 Å². The number of hydrogen-bond acceptors (Lipinski definition) is 5. The van der Waals surface area contributed by atoms with E-state index in [-0.39, 0.29) is 34.4 Å². The maximum absolute atomic E-state index is 14.8. The molecule has 41 heavy (non-hydrogen) atoms. The Kier molecular flexibility index (Phi) is 8.78. The van der Waals surface area contributed by atoms with Crippen LogP contribution in [0.1, 0.15) is 23.6 Å². The monoisotopic (exact) mass is 637 g/mol. The third-order valence-electron chi connectivity index (χ3n) is 8.60. The van der Waals surface area contributed by atoms with E-state index in [1.807, 2.05) is 60.7 Å². The Morgan fingerprint density at radius 2 is 1.73 bits per heavy atom. The van der Waals surface area contributed by atoms with Gasteiger partial charge in [-0.2, -0.15) is 0 Å². The number of alkyl halides is 1. The third-order valence-corrected chi connectivity index (χ3v) is 11.8. The molecule has 3 aliphatic heterocycles. The number of halogens is 1. The summed E-state index contributed by atoms with van der Waals surface area (Å²) in [5.74, 6) is -1.83. The van der Waals surface area contributed by atoms with E-state index in [4.69, 9.17) is 0 Å². The number of carbonyl (C=O) groups is 3. The second-order valence-corrected chi connectivity index (χ2v) is 13.7. The molecule has 1 spiro atoms. The molecule has 0 saturated carbocycles. The Bertz CT molecular complexity index is 1310. The molecule has 5 rings (SSSR count). The lowest BCUT2D eigenvalue weighted by molar-refractivity contribution is -0.147. The summed E-state index contributed by atoms with van der Waals surface area (Å²) in [6, 6.07) is 17.5. The molecule has 1 N–H and O–H groups in total. The SMILES string of the molecule is C=CCN(C)C(=O)[C@H]1[C@H]2C(=O)N([C@H](CO)c3ccccc3)C(C(=O)N(CC=C)Cc3ccccc3)C23CC(Br)[C@@H]1S3. The van der Waals surface area contributed by atoms with Gasteiger partial charge in [-0.25, -0.2) is 0 Å². The molecule has 2 aromatic rings. The third kappa shape index (κ3) is 5.06. The topological polar surface area (TPSA) is 81.2 Å². The molecule has 2 bridgehead atoms. The zero-order chi connectivity index (χ0) is 29.3. The highest BCUT2D eigenvalue weighted by Crippen LogP contribution is 2.68. The maximum atomic E-state index is 14.8. The van der Waals surface area contributed by atoms with Crippen molar-refractivity contribution >= 4 is 45.4 Å². The van der Waals surface area contributed by atoms with Crippen LogP contribution in [0.2, 0.25) is 0 Å². The smallest absolute Gasteiger partial charge is 0.247 e. The summed E-state index contributed by atoms with van der Waals surface area (Å²) >= 11 is 5.43. The Morgan fingerprint density at radius 3 is 2.34 bits per heavy atom. The van der Waals surface area contributed by atoms with E-state index in [0.717, 1.165) is 11.1 Å². The molecule has 3 aliphatic rings. The molecule has 7 nitrogen and oxygen atoms in total. The highest BCUT2D eigenvalue weighted by molar-refractivity contribution is 9.09. The predicted octanol–water partition coefficient (Wildman–Crippen LogP) is 4.04. The molecule has 0 aromatic heterocycles. The van der Waals surface area contributed by atoms with Gasteiger partial charge in [-0.05, 0) is 17.5 Å². The highest BCUT2D eigenvalue weighted by Gasteiger charge is 2.76. The van der Waals surface area contributed by atoms with Crippen molar-refractivity contribution in [2.75, 3.05) is 26.7 Å². The van der Waals surface area contributed by atoms with Crippen molar-refractivity contribution in [3.63, 3.8) is 0 Å². The van der Waals surface area contributed by atoms with Gasteiger partial charge in [-0.15, -0.1) is 24.9 Å². The molecule has 3 amide bonds. The largest absolute Gasteiger partial charge is 0.394 e. The van der Waals surface area contributed by atoms with Gasteiger partial charge in [0.1, 0.15) is 6.04 Å². The number of benzene rings is 2. The van der Waals surface area contributed by atoms with Gasteiger partial charge in [-0.3, -0.25) is 14.4 Å². The van der Waals surface area contributed by atoms with Crippen LogP contribution in [-0.2, 0) is 20.9 Å². The number of rotatable bonds is 11. The highest BCUT2D eigenvalue weighted by atomic mass is 79.9. The number of thioether (sulfide) groups is 1. The fourth-order valence-electron chi connectivity index (χ4n) is 6.90. The van der Waals surface area contributed by atoms with Gasteiger partial charge in [0.25, 0.3) is 0 Å². The average Bonchev–Trinajstić information content (AvgIpc) is 3.57. The first kappa shape index (κ1) is 29.6. The van der Waals surface area contributed by atoms with Gasteiger partial charge in [-0.1, -0.05) is 88.7 Å². The second kappa shape index (κ2) is 12.2. The fourth-order valence-corrected chi connectivity index (χ4v) is 10.5. The first-order chi connectivity index (χ1) is 19.8. The first-order valence-corrected chi connectivity index (χ1v) is 15.7. The lowest BCUT2D eigenvalue weighted by atomic mass is 9.70. The molecule has 7 atom stereocenters. The van der Waals surface area contributed by atoms with Gasteiger partial charge in [0.05, 0.1) is 29.2 Å². The van der Waals surface area contributed by atoms with Crippen LogP contribution in [0.3, 0.4) is 0 Å². The van der Waals surface area contributed by atoms with E-state index in [1.54, 1.807) is 45.7 Å². The van der Waals surface area contributed by atoms with Crippen LogP contribution in [0.4, 0.5) is 0 Å². The molecular formula is C32H36BrN3O4S. The quantitative estimate of drug-likeness (QED) is 0.297. The number of hydrogen-bond donors (Lipinski definition) is 1. The van der Waals surface area contributed by atoms with Crippen molar-refractivity contribution < 1.29 is 19.5 Å².